The van der Waals surface area contributed by atoms with Gasteiger partial charge in [0.1, 0.15) is 6.04 Å². The van der Waals surface area contributed by atoms with E-state index in [2.05, 4.69) is 6.92 Å². The number of carbonyl (C=O) groups is 1. The van der Waals surface area contributed by atoms with Crippen LogP contribution in [0, 0.1) is 0 Å². The Bertz CT molecular complexity index is 596. The fourth-order valence-corrected chi connectivity index (χ4v) is 3.16. The van der Waals surface area contributed by atoms with Crippen molar-refractivity contribution in [3.8, 4) is 0 Å². The number of esters is 1. The van der Waals surface area contributed by atoms with E-state index in [0.29, 0.717) is 12.2 Å². The Balaban J connectivity index is 2.49. The fourth-order valence-electron chi connectivity index (χ4n) is 2.39. The van der Waals surface area contributed by atoms with Gasteiger partial charge >= 0.3 is 5.97 Å². The van der Waals surface area contributed by atoms with Crippen LogP contribution >= 0.6 is 11.8 Å². The minimum atomic E-state index is -0.300. The number of allylic oxidation sites excluding steroid dienone is 1. The van der Waals surface area contributed by atoms with E-state index in [-0.39, 0.29) is 12.0 Å². The van der Waals surface area contributed by atoms with Crippen molar-refractivity contribution in [2.45, 2.75) is 26.8 Å². The Labute approximate surface area is 136 Å². The molecule has 4 nitrogen and oxygen atoms in total. The second kappa shape index (κ2) is 7.49. The highest BCUT2D eigenvalue weighted by Crippen LogP contribution is 2.35. The fraction of sp³-hybridized carbons (Fsp3) is 0.412. The molecule has 0 N–H and O–H groups in total. The van der Waals surface area contributed by atoms with Gasteiger partial charge in [0, 0.05) is 12.7 Å². The molecule has 1 aromatic rings. The van der Waals surface area contributed by atoms with Crippen molar-refractivity contribution < 1.29 is 9.53 Å². The highest BCUT2D eigenvalue weighted by molar-refractivity contribution is 8.13. The zero-order valence-electron chi connectivity index (χ0n) is 13.5. The maximum Gasteiger partial charge on any atom is 0.338 e. The van der Waals surface area contributed by atoms with Crippen LogP contribution in [0.25, 0.3) is 0 Å². The molecule has 0 amide bonds. The zero-order chi connectivity index (χ0) is 16.1. The van der Waals surface area contributed by atoms with E-state index in [1.807, 2.05) is 56.1 Å². The molecule has 1 heterocycles. The van der Waals surface area contributed by atoms with Crippen LogP contribution in [-0.2, 0) is 9.53 Å². The van der Waals surface area contributed by atoms with Crippen LogP contribution in [0.15, 0.2) is 46.6 Å². The predicted molar refractivity (Wildman–Crippen MR) is 91.8 cm³/mol. The third kappa shape index (κ3) is 3.35. The maximum absolute atomic E-state index is 12.4. The Morgan fingerprint density at radius 2 is 2.00 bits per heavy atom. The molecule has 1 aliphatic rings. The molecular formula is C17H22N2O2S. The number of rotatable bonds is 4. The van der Waals surface area contributed by atoms with Crippen molar-refractivity contribution in [3.05, 3.63) is 47.2 Å². The summed E-state index contributed by atoms with van der Waals surface area (Å²) in [7, 11) is 1.94. The van der Waals surface area contributed by atoms with Crippen molar-refractivity contribution in [2.24, 2.45) is 4.99 Å². The first-order chi connectivity index (χ1) is 10.6. The van der Waals surface area contributed by atoms with E-state index in [1.165, 1.54) is 0 Å². The van der Waals surface area contributed by atoms with Crippen molar-refractivity contribution >= 4 is 22.9 Å². The maximum atomic E-state index is 12.4. The van der Waals surface area contributed by atoms with Gasteiger partial charge in [0.05, 0.1) is 12.2 Å². The summed E-state index contributed by atoms with van der Waals surface area (Å²) in [5.41, 5.74) is 2.53. The Morgan fingerprint density at radius 3 is 2.59 bits per heavy atom. The molecule has 0 unspecified atom stereocenters. The second-order valence-corrected chi connectivity index (χ2v) is 6.17. The average Bonchev–Trinajstić information content (AvgIpc) is 2.52. The number of hydrogen-bond acceptors (Lipinski definition) is 5. The molecule has 0 fully saturated rings. The molecule has 0 spiro atoms. The standard InChI is InChI=1S/C17H22N2O2S/c1-5-21-16(20)14-12(3)19(4)17(22-6-2)18-15(14)13-10-8-7-9-11-13/h7-11,15H,5-6H2,1-4H3/t15-/m0/s1. The molecule has 118 valence electrons. The lowest BCUT2D eigenvalue weighted by Gasteiger charge is -2.31. The van der Waals surface area contributed by atoms with Crippen molar-refractivity contribution in [2.75, 3.05) is 19.4 Å². The van der Waals surface area contributed by atoms with Crippen molar-refractivity contribution in [3.63, 3.8) is 0 Å². The van der Waals surface area contributed by atoms with E-state index < -0.39 is 0 Å². The molecule has 0 aromatic heterocycles. The number of thioether (sulfide) groups is 1. The van der Waals surface area contributed by atoms with Gasteiger partial charge in [-0.05, 0) is 25.2 Å². The lowest BCUT2D eigenvalue weighted by Crippen LogP contribution is -2.32. The normalized spacial score (nSPS) is 18.3. The van der Waals surface area contributed by atoms with Gasteiger partial charge < -0.3 is 9.64 Å². The van der Waals surface area contributed by atoms with Crippen LogP contribution in [-0.4, -0.2) is 35.4 Å². The van der Waals surface area contributed by atoms with Gasteiger partial charge in [-0.25, -0.2) is 9.79 Å². The molecular weight excluding hydrogens is 296 g/mol. The summed E-state index contributed by atoms with van der Waals surface area (Å²) in [6, 6.07) is 9.60. The first kappa shape index (κ1) is 16.6. The first-order valence-electron chi connectivity index (χ1n) is 7.47. The lowest BCUT2D eigenvalue weighted by molar-refractivity contribution is -0.139. The highest BCUT2D eigenvalue weighted by Gasteiger charge is 2.32. The van der Waals surface area contributed by atoms with Gasteiger partial charge in [0.15, 0.2) is 5.17 Å². The molecule has 1 aromatic carbocycles. The van der Waals surface area contributed by atoms with E-state index in [1.54, 1.807) is 11.8 Å². The number of benzene rings is 1. The van der Waals surface area contributed by atoms with Crippen LogP contribution in [0.3, 0.4) is 0 Å². The highest BCUT2D eigenvalue weighted by atomic mass is 32.2. The number of nitrogens with zero attached hydrogens (tertiary/aromatic N) is 2. The smallest absolute Gasteiger partial charge is 0.338 e. The van der Waals surface area contributed by atoms with E-state index in [0.717, 1.165) is 22.2 Å². The summed E-state index contributed by atoms with van der Waals surface area (Å²) in [5.74, 6) is 0.650. The number of hydrogen-bond donors (Lipinski definition) is 0. The third-order valence-corrected chi connectivity index (χ3v) is 4.50. The number of aliphatic imine (C=N–C) groups is 1. The van der Waals surface area contributed by atoms with E-state index in [9.17, 15) is 4.79 Å². The zero-order valence-corrected chi connectivity index (χ0v) is 14.3. The molecule has 1 atom stereocenters. The van der Waals surface area contributed by atoms with Gasteiger partial charge in [-0.3, -0.25) is 0 Å². The van der Waals surface area contributed by atoms with Crippen LogP contribution in [0.1, 0.15) is 32.4 Å². The molecule has 2 rings (SSSR count). The van der Waals surface area contributed by atoms with Gasteiger partial charge in [0.25, 0.3) is 0 Å². The Hall–Kier alpha value is -1.75. The van der Waals surface area contributed by atoms with Crippen LogP contribution in [0.5, 0.6) is 0 Å². The summed E-state index contributed by atoms with van der Waals surface area (Å²) in [5, 5.41) is 0.932. The molecule has 0 bridgehead atoms. The summed E-state index contributed by atoms with van der Waals surface area (Å²) in [6.45, 7) is 6.23. The third-order valence-electron chi connectivity index (χ3n) is 3.58. The summed E-state index contributed by atoms with van der Waals surface area (Å²) >= 11 is 1.68. The van der Waals surface area contributed by atoms with Crippen LogP contribution in [0.2, 0.25) is 0 Å². The molecule has 1 aliphatic heterocycles. The van der Waals surface area contributed by atoms with Gasteiger partial charge in [0.2, 0.25) is 0 Å². The quantitative estimate of drug-likeness (QED) is 0.795. The van der Waals surface area contributed by atoms with Crippen molar-refractivity contribution in [1.82, 2.24) is 4.90 Å². The lowest BCUT2D eigenvalue weighted by atomic mass is 9.96. The molecule has 5 heteroatoms. The topological polar surface area (TPSA) is 41.9 Å². The Morgan fingerprint density at radius 1 is 1.32 bits per heavy atom. The molecule has 22 heavy (non-hydrogen) atoms. The summed E-state index contributed by atoms with van der Waals surface area (Å²) in [6.07, 6.45) is 0. The van der Waals surface area contributed by atoms with Gasteiger partial charge in [-0.15, -0.1) is 0 Å². The average molecular weight is 318 g/mol. The molecule has 0 saturated carbocycles. The minimum absolute atomic E-state index is 0.287. The van der Waals surface area contributed by atoms with E-state index >= 15 is 0 Å². The number of carbonyl (C=O) groups excluding carboxylic acids is 1. The molecule has 0 radical (unpaired) electrons. The predicted octanol–water partition coefficient (Wildman–Crippen LogP) is 3.62. The molecule has 0 aliphatic carbocycles. The Kier molecular flexibility index (Phi) is 5.66. The second-order valence-electron chi connectivity index (χ2n) is 4.94. The van der Waals surface area contributed by atoms with Crippen LogP contribution in [0.4, 0.5) is 0 Å². The SMILES string of the molecule is CCOC(=O)C1=C(C)N(C)C(SCC)=N[C@H]1c1ccccc1. The number of amidine groups is 1. The van der Waals surface area contributed by atoms with Gasteiger partial charge in [-0.2, -0.15) is 0 Å². The summed E-state index contributed by atoms with van der Waals surface area (Å²) < 4.78 is 5.25. The minimum Gasteiger partial charge on any atom is -0.463 e. The van der Waals surface area contributed by atoms with E-state index in [4.69, 9.17) is 9.73 Å². The monoisotopic (exact) mass is 318 g/mol. The summed E-state index contributed by atoms with van der Waals surface area (Å²) in [4.78, 5) is 19.2. The first-order valence-corrected chi connectivity index (χ1v) is 8.45. The number of ether oxygens (including phenoxy) is 1. The van der Waals surface area contributed by atoms with Gasteiger partial charge in [-0.1, -0.05) is 49.0 Å². The molecule has 0 saturated heterocycles. The largest absolute Gasteiger partial charge is 0.463 e. The van der Waals surface area contributed by atoms with Crippen LogP contribution < -0.4 is 0 Å². The van der Waals surface area contributed by atoms with Crippen molar-refractivity contribution in [1.29, 1.82) is 0 Å².